The summed E-state index contributed by atoms with van der Waals surface area (Å²) in [5.41, 5.74) is 2.20. The zero-order chi connectivity index (χ0) is 28.2. The molecule has 2 amide bonds. The van der Waals surface area contributed by atoms with E-state index in [0.29, 0.717) is 26.2 Å². The maximum absolute atomic E-state index is 13.8. The number of hydrogen-bond donors (Lipinski definition) is 5. The number of rotatable bonds is 8. The number of carbonyl (C=O) groups is 2. The predicted molar refractivity (Wildman–Crippen MR) is 148 cm³/mol. The molecule has 208 valence electrons. The molecular formula is C28H30N6O6. The van der Waals surface area contributed by atoms with Crippen LogP contribution < -0.4 is 25.7 Å². The Kier molecular flexibility index (Phi) is 7.71. The molecule has 40 heavy (non-hydrogen) atoms. The van der Waals surface area contributed by atoms with Gasteiger partial charge in [0.1, 0.15) is 11.6 Å². The highest BCUT2D eigenvalue weighted by Crippen LogP contribution is 2.23. The topological polar surface area (TPSA) is 154 Å². The molecule has 0 radical (unpaired) electrons. The lowest BCUT2D eigenvalue weighted by molar-refractivity contribution is -0.133. The van der Waals surface area contributed by atoms with E-state index in [1.165, 1.54) is 19.2 Å². The first-order valence-corrected chi connectivity index (χ1v) is 12.8. The van der Waals surface area contributed by atoms with Crippen molar-refractivity contribution < 1.29 is 24.7 Å². The van der Waals surface area contributed by atoms with Crippen LogP contribution in [0.2, 0.25) is 0 Å². The number of nitrogens with one attached hydrogen (secondary N) is 3. The van der Waals surface area contributed by atoms with Gasteiger partial charge in [0.05, 0.1) is 12.8 Å². The van der Waals surface area contributed by atoms with Crippen molar-refractivity contribution in [1.29, 1.82) is 0 Å². The van der Waals surface area contributed by atoms with Crippen molar-refractivity contribution in [2.75, 3.05) is 43.4 Å². The van der Waals surface area contributed by atoms with Gasteiger partial charge in [0.2, 0.25) is 5.91 Å². The number of anilines is 2. The van der Waals surface area contributed by atoms with Crippen LogP contribution in [0.25, 0.3) is 10.9 Å². The van der Waals surface area contributed by atoms with Crippen LogP contribution in [-0.2, 0) is 11.2 Å². The van der Waals surface area contributed by atoms with Crippen LogP contribution in [0.1, 0.15) is 15.9 Å². The Morgan fingerprint density at radius 2 is 1.75 bits per heavy atom. The molecule has 1 saturated heterocycles. The second kappa shape index (κ2) is 11.5. The summed E-state index contributed by atoms with van der Waals surface area (Å²) in [6.45, 7) is 1.96. The number of amides is 2. The minimum Gasteiger partial charge on any atom is -0.482 e. The number of piperazine rings is 1. The van der Waals surface area contributed by atoms with Crippen LogP contribution in [0, 0.1) is 0 Å². The molecule has 0 saturated carbocycles. The van der Waals surface area contributed by atoms with Crippen LogP contribution in [0.4, 0.5) is 11.4 Å². The number of carbonyl (C=O) groups excluding carboxylic acids is 2. The highest BCUT2D eigenvalue weighted by atomic mass is 16.8. The third-order valence-electron chi connectivity index (χ3n) is 7.09. The zero-order valence-corrected chi connectivity index (χ0v) is 21.8. The van der Waals surface area contributed by atoms with Crippen molar-refractivity contribution in [2.24, 2.45) is 0 Å². The molecule has 1 aliphatic heterocycles. The molecule has 1 atom stereocenters. The minimum absolute atomic E-state index is 0.0578. The molecule has 1 fully saturated rings. The average Bonchev–Trinajstić information content (AvgIpc) is 3.39. The average molecular weight is 547 g/mol. The maximum atomic E-state index is 13.8. The van der Waals surface area contributed by atoms with Gasteiger partial charge >= 0.3 is 0 Å². The molecule has 0 aliphatic carbocycles. The highest BCUT2D eigenvalue weighted by Gasteiger charge is 2.30. The van der Waals surface area contributed by atoms with E-state index in [2.05, 4.69) is 20.2 Å². The van der Waals surface area contributed by atoms with Crippen LogP contribution in [0.5, 0.6) is 5.88 Å². The van der Waals surface area contributed by atoms with Crippen molar-refractivity contribution in [3.8, 4) is 5.88 Å². The number of fused-ring (bicyclic) bond motifs is 1. The lowest BCUT2D eigenvalue weighted by atomic mass is 10.0. The van der Waals surface area contributed by atoms with Gasteiger partial charge < -0.3 is 24.8 Å². The van der Waals surface area contributed by atoms with Crippen molar-refractivity contribution in [1.82, 2.24) is 20.2 Å². The van der Waals surface area contributed by atoms with Gasteiger partial charge in [0, 0.05) is 55.4 Å². The Balaban J connectivity index is 1.33. The second-order valence-corrected chi connectivity index (χ2v) is 9.48. The van der Waals surface area contributed by atoms with E-state index in [9.17, 15) is 24.8 Å². The normalized spacial score (nSPS) is 14.2. The quantitative estimate of drug-likeness (QED) is 0.211. The first kappa shape index (κ1) is 26.8. The number of para-hydroxylation sites is 1. The van der Waals surface area contributed by atoms with Gasteiger partial charge in [-0.2, -0.15) is 0 Å². The highest BCUT2D eigenvalue weighted by molar-refractivity contribution is 5.97. The van der Waals surface area contributed by atoms with Crippen molar-refractivity contribution in [2.45, 2.75) is 12.5 Å². The van der Waals surface area contributed by atoms with Gasteiger partial charge in [-0.05, 0) is 48.0 Å². The Morgan fingerprint density at radius 1 is 1.02 bits per heavy atom. The van der Waals surface area contributed by atoms with E-state index in [4.69, 9.17) is 4.74 Å². The molecule has 12 heteroatoms. The number of nitrogens with zero attached hydrogens (tertiary/aromatic N) is 3. The number of aromatic amines is 2. The van der Waals surface area contributed by atoms with E-state index in [-0.39, 0.29) is 34.7 Å². The summed E-state index contributed by atoms with van der Waals surface area (Å²) in [6, 6.07) is 16.4. The molecule has 2 aromatic heterocycles. The van der Waals surface area contributed by atoms with Gasteiger partial charge in [-0.1, -0.05) is 18.2 Å². The molecule has 1 aliphatic rings. The maximum Gasteiger partial charge on any atom is 0.263 e. The van der Waals surface area contributed by atoms with Gasteiger partial charge in [-0.3, -0.25) is 29.8 Å². The third-order valence-corrected chi connectivity index (χ3v) is 7.09. The molecule has 0 unspecified atom stereocenters. The molecule has 4 aromatic rings. The first-order chi connectivity index (χ1) is 19.3. The summed E-state index contributed by atoms with van der Waals surface area (Å²) in [5, 5.41) is 22.2. The summed E-state index contributed by atoms with van der Waals surface area (Å²) in [4.78, 5) is 49.0. The molecule has 0 spiro atoms. The Morgan fingerprint density at radius 3 is 2.42 bits per heavy atom. The van der Waals surface area contributed by atoms with Crippen molar-refractivity contribution in [3.05, 3.63) is 88.3 Å². The molecule has 3 heterocycles. The minimum atomic E-state index is -0.904. The summed E-state index contributed by atoms with van der Waals surface area (Å²) in [6.07, 6.45) is 2.07. The number of benzene rings is 2. The Bertz CT molecular complexity index is 1560. The van der Waals surface area contributed by atoms with Crippen LogP contribution in [-0.4, -0.2) is 76.4 Å². The predicted octanol–water partition coefficient (Wildman–Crippen LogP) is 2.14. The summed E-state index contributed by atoms with van der Waals surface area (Å²) in [5.74, 6) is -0.664. The largest absolute Gasteiger partial charge is 0.482 e. The zero-order valence-electron chi connectivity index (χ0n) is 21.8. The summed E-state index contributed by atoms with van der Waals surface area (Å²) >= 11 is 0. The molecule has 5 N–H and O–H groups in total. The fourth-order valence-electron chi connectivity index (χ4n) is 4.91. The van der Waals surface area contributed by atoms with Crippen molar-refractivity contribution in [3.63, 3.8) is 0 Å². The smallest absolute Gasteiger partial charge is 0.263 e. The number of H-pyrrole nitrogens is 2. The molecule has 12 nitrogen and oxygen atoms in total. The number of ether oxygens (including phenoxy) is 1. The third kappa shape index (κ3) is 5.63. The number of hydrogen-bond acceptors (Lipinski definition) is 8. The molecular weight excluding hydrogens is 516 g/mol. The van der Waals surface area contributed by atoms with Crippen LogP contribution >= 0.6 is 0 Å². The van der Waals surface area contributed by atoms with Gasteiger partial charge in [0.15, 0.2) is 5.88 Å². The monoisotopic (exact) mass is 546 g/mol. The lowest BCUT2D eigenvalue weighted by Gasteiger charge is -2.37. The van der Waals surface area contributed by atoms with Crippen LogP contribution in [0.15, 0.2) is 71.7 Å². The summed E-state index contributed by atoms with van der Waals surface area (Å²) < 4.78 is 5.02. The van der Waals surface area contributed by atoms with E-state index >= 15 is 0 Å². The Labute approximate surface area is 229 Å². The fraction of sp³-hybridized carbons (Fsp3) is 0.250. The molecule has 2 aromatic carbocycles. The van der Waals surface area contributed by atoms with E-state index in [0.717, 1.165) is 22.2 Å². The standard InChI is InChI=1S/C28H30N6O6/c1-40-25-11-10-22(27(36)31-25)26(35)30-24(16-18-17-29-23-5-3-2-4-21(18)23)28(37)33-14-12-32(13-15-33)19-6-8-20(9-7-19)34(38)39/h2-11,17,24,29,38-39H,12-16H2,1H3,(H,30,35)(H,31,36)/t24-/m0/s1. The number of methoxy groups -OCH3 is 1. The molecule has 5 rings (SSSR count). The van der Waals surface area contributed by atoms with Gasteiger partial charge in [-0.25, -0.2) is 0 Å². The van der Waals surface area contributed by atoms with E-state index in [1.807, 2.05) is 30.5 Å². The SMILES string of the molecule is COc1ccc(C(=O)N[C@@H](Cc2c[nH]c3ccccc23)C(=O)N2CCN(c3ccc(N(O)O)cc3)CC2)c(=O)[nH]1. The first-order valence-electron chi connectivity index (χ1n) is 12.8. The fourth-order valence-corrected chi connectivity index (χ4v) is 4.91. The number of pyridine rings is 1. The lowest BCUT2D eigenvalue weighted by Crippen LogP contribution is -2.56. The van der Waals surface area contributed by atoms with Crippen LogP contribution in [0.3, 0.4) is 0 Å². The van der Waals surface area contributed by atoms with E-state index in [1.54, 1.807) is 29.2 Å². The second-order valence-electron chi connectivity index (χ2n) is 9.48. The van der Waals surface area contributed by atoms with E-state index < -0.39 is 17.5 Å². The van der Waals surface area contributed by atoms with Crippen molar-refractivity contribution >= 4 is 34.1 Å². The number of aromatic nitrogens is 2. The van der Waals surface area contributed by atoms with Gasteiger partial charge in [0.25, 0.3) is 11.5 Å². The van der Waals surface area contributed by atoms with Gasteiger partial charge in [-0.15, -0.1) is 5.23 Å². The Hall–Kier alpha value is -4.81. The summed E-state index contributed by atoms with van der Waals surface area (Å²) in [7, 11) is 1.41. The molecule has 0 bridgehead atoms.